The Balaban J connectivity index is 1.54. The molecule has 0 atom stereocenters. The van der Waals surface area contributed by atoms with E-state index in [0.29, 0.717) is 29.5 Å². The number of hydrogen-bond acceptors (Lipinski definition) is 5. The molecule has 1 amide bonds. The maximum Gasteiger partial charge on any atom is 0.227 e. The van der Waals surface area contributed by atoms with Crippen LogP contribution in [0.15, 0.2) is 71.5 Å². The molecule has 0 spiro atoms. The zero-order valence-electron chi connectivity index (χ0n) is 15.9. The Hall–Kier alpha value is -3.06. The summed E-state index contributed by atoms with van der Waals surface area (Å²) in [6.07, 6.45) is 3.67. The maximum atomic E-state index is 12.2. The predicted molar refractivity (Wildman–Crippen MR) is 114 cm³/mol. The van der Waals surface area contributed by atoms with E-state index in [2.05, 4.69) is 26.2 Å². The van der Waals surface area contributed by atoms with E-state index >= 15 is 0 Å². The number of pyridine rings is 1. The first-order chi connectivity index (χ1) is 14.1. The van der Waals surface area contributed by atoms with Gasteiger partial charge >= 0.3 is 0 Å². The van der Waals surface area contributed by atoms with E-state index in [0.717, 1.165) is 10.0 Å². The highest BCUT2D eigenvalue weighted by Gasteiger charge is 2.09. The fourth-order valence-electron chi connectivity index (χ4n) is 2.55. The molecule has 1 N–H and O–H groups in total. The first-order valence-electron chi connectivity index (χ1n) is 9.02. The number of halogens is 1. The van der Waals surface area contributed by atoms with E-state index in [4.69, 9.17) is 14.2 Å². The van der Waals surface area contributed by atoms with Gasteiger partial charge in [0.15, 0.2) is 11.5 Å². The van der Waals surface area contributed by atoms with Gasteiger partial charge in [0.05, 0.1) is 20.1 Å². The van der Waals surface area contributed by atoms with Crippen LogP contribution in [0.5, 0.6) is 17.2 Å². The lowest BCUT2D eigenvalue weighted by atomic mass is 10.2. The number of amides is 1. The summed E-state index contributed by atoms with van der Waals surface area (Å²) in [6.45, 7) is 0.630. The molecule has 29 heavy (non-hydrogen) atoms. The number of methoxy groups -OCH3 is 1. The lowest BCUT2D eigenvalue weighted by molar-refractivity contribution is -0.116. The highest BCUT2D eigenvalue weighted by atomic mass is 79.9. The summed E-state index contributed by atoms with van der Waals surface area (Å²) >= 11 is 3.39. The van der Waals surface area contributed by atoms with Gasteiger partial charge in [0.25, 0.3) is 0 Å². The Labute approximate surface area is 178 Å². The number of anilines is 1. The molecular formula is C22H21BrN2O4. The molecule has 2 aromatic carbocycles. The first-order valence-corrected chi connectivity index (χ1v) is 9.81. The Kier molecular flexibility index (Phi) is 7.47. The van der Waals surface area contributed by atoms with Crippen molar-refractivity contribution in [1.82, 2.24) is 4.98 Å². The van der Waals surface area contributed by atoms with Gasteiger partial charge in [0.1, 0.15) is 12.4 Å². The first kappa shape index (κ1) is 20.7. The summed E-state index contributed by atoms with van der Waals surface area (Å²) < 4.78 is 17.7. The van der Waals surface area contributed by atoms with Gasteiger partial charge < -0.3 is 19.5 Å². The van der Waals surface area contributed by atoms with Gasteiger partial charge in [0.2, 0.25) is 5.91 Å². The van der Waals surface area contributed by atoms with Crippen molar-refractivity contribution < 1.29 is 19.0 Å². The normalized spacial score (nSPS) is 10.3. The van der Waals surface area contributed by atoms with E-state index < -0.39 is 0 Å². The summed E-state index contributed by atoms with van der Waals surface area (Å²) in [4.78, 5) is 16.3. The minimum Gasteiger partial charge on any atom is -0.493 e. The van der Waals surface area contributed by atoms with Crippen LogP contribution in [0, 0.1) is 0 Å². The predicted octanol–water partition coefficient (Wildman–Crippen LogP) is 4.84. The van der Waals surface area contributed by atoms with Crippen molar-refractivity contribution in [2.75, 3.05) is 19.0 Å². The van der Waals surface area contributed by atoms with Crippen molar-refractivity contribution in [3.8, 4) is 17.2 Å². The summed E-state index contributed by atoms with van der Waals surface area (Å²) in [5.74, 6) is 1.69. The molecule has 0 saturated carbocycles. The summed E-state index contributed by atoms with van der Waals surface area (Å²) in [5, 5.41) is 2.85. The Morgan fingerprint density at radius 3 is 2.72 bits per heavy atom. The largest absolute Gasteiger partial charge is 0.493 e. The van der Waals surface area contributed by atoms with Crippen molar-refractivity contribution in [2.45, 2.75) is 13.0 Å². The Morgan fingerprint density at radius 1 is 1.07 bits per heavy atom. The molecule has 1 heterocycles. The number of carbonyl (C=O) groups excluding carboxylic acids is 1. The van der Waals surface area contributed by atoms with Crippen LogP contribution < -0.4 is 19.5 Å². The van der Waals surface area contributed by atoms with Crippen LogP contribution in [-0.4, -0.2) is 24.6 Å². The zero-order valence-corrected chi connectivity index (χ0v) is 17.5. The standard InChI is InChI=1S/C22H21BrN2O4/c1-27-20-8-7-18(13-21(20)29-15-16-4-3-10-24-14-16)25-22(26)9-11-28-19-6-2-5-17(23)12-19/h2-8,10,12-14H,9,11,15H2,1H3,(H,25,26). The second-order valence-corrected chi connectivity index (χ2v) is 7.04. The highest BCUT2D eigenvalue weighted by molar-refractivity contribution is 9.10. The van der Waals surface area contributed by atoms with E-state index in [9.17, 15) is 4.79 Å². The number of carbonyl (C=O) groups is 1. The monoisotopic (exact) mass is 456 g/mol. The van der Waals surface area contributed by atoms with Gasteiger partial charge in [-0.05, 0) is 36.4 Å². The van der Waals surface area contributed by atoms with Crippen molar-refractivity contribution in [3.63, 3.8) is 0 Å². The average Bonchev–Trinajstić information content (AvgIpc) is 2.73. The zero-order chi connectivity index (χ0) is 20.5. The number of ether oxygens (including phenoxy) is 3. The van der Waals surface area contributed by atoms with Crippen molar-refractivity contribution >= 4 is 27.5 Å². The van der Waals surface area contributed by atoms with E-state index in [1.165, 1.54) is 0 Å². The van der Waals surface area contributed by atoms with Crippen molar-refractivity contribution in [1.29, 1.82) is 0 Å². The van der Waals surface area contributed by atoms with Crippen LogP contribution in [-0.2, 0) is 11.4 Å². The van der Waals surface area contributed by atoms with Crippen LogP contribution in [0.3, 0.4) is 0 Å². The lowest BCUT2D eigenvalue weighted by Gasteiger charge is -2.13. The number of benzene rings is 2. The molecule has 0 bridgehead atoms. The van der Waals surface area contributed by atoms with Gasteiger partial charge in [-0.3, -0.25) is 9.78 Å². The molecule has 0 saturated heterocycles. The fourth-order valence-corrected chi connectivity index (χ4v) is 2.93. The molecular weight excluding hydrogens is 436 g/mol. The van der Waals surface area contributed by atoms with Gasteiger partial charge in [-0.1, -0.05) is 28.1 Å². The molecule has 7 heteroatoms. The topological polar surface area (TPSA) is 69.7 Å². The quantitative estimate of drug-likeness (QED) is 0.498. The fraction of sp³-hybridized carbons (Fsp3) is 0.182. The van der Waals surface area contributed by atoms with Gasteiger partial charge in [-0.25, -0.2) is 0 Å². The number of rotatable bonds is 9. The van der Waals surface area contributed by atoms with Crippen molar-refractivity contribution in [3.05, 3.63) is 77.0 Å². The summed E-state index contributed by atoms with van der Waals surface area (Å²) in [5.41, 5.74) is 1.56. The maximum absolute atomic E-state index is 12.2. The number of nitrogens with one attached hydrogen (secondary N) is 1. The van der Waals surface area contributed by atoms with E-state index in [1.54, 1.807) is 37.7 Å². The molecule has 3 aromatic rings. The number of aromatic nitrogens is 1. The SMILES string of the molecule is COc1ccc(NC(=O)CCOc2cccc(Br)c2)cc1OCc1cccnc1. The average molecular weight is 457 g/mol. The van der Waals surface area contributed by atoms with Crippen LogP contribution in [0.25, 0.3) is 0 Å². The summed E-state index contributed by atoms with van der Waals surface area (Å²) in [7, 11) is 1.57. The molecule has 0 aliphatic carbocycles. The minimum atomic E-state index is -0.150. The molecule has 0 aliphatic rings. The highest BCUT2D eigenvalue weighted by Crippen LogP contribution is 2.31. The molecule has 3 rings (SSSR count). The van der Waals surface area contributed by atoms with Crippen LogP contribution in [0.2, 0.25) is 0 Å². The third-order valence-corrected chi connectivity index (χ3v) is 4.45. The van der Waals surface area contributed by atoms with E-state index in [-0.39, 0.29) is 18.9 Å². The Bertz CT molecular complexity index is 951. The third-order valence-electron chi connectivity index (χ3n) is 3.96. The second kappa shape index (κ2) is 10.5. The third kappa shape index (κ3) is 6.50. The molecule has 1 aromatic heterocycles. The number of nitrogens with zero attached hydrogens (tertiary/aromatic N) is 1. The molecule has 0 aliphatic heterocycles. The van der Waals surface area contributed by atoms with Crippen LogP contribution >= 0.6 is 15.9 Å². The van der Waals surface area contributed by atoms with Gasteiger partial charge in [-0.2, -0.15) is 0 Å². The molecule has 0 radical (unpaired) electrons. The van der Waals surface area contributed by atoms with Gasteiger partial charge in [-0.15, -0.1) is 0 Å². The molecule has 0 fully saturated rings. The van der Waals surface area contributed by atoms with Crippen molar-refractivity contribution in [2.24, 2.45) is 0 Å². The van der Waals surface area contributed by atoms with E-state index in [1.807, 2.05) is 36.4 Å². The summed E-state index contributed by atoms with van der Waals surface area (Å²) in [6, 6.07) is 16.5. The Morgan fingerprint density at radius 2 is 1.97 bits per heavy atom. The minimum absolute atomic E-state index is 0.150. The lowest BCUT2D eigenvalue weighted by Crippen LogP contribution is -2.15. The number of hydrogen-bond donors (Lipinski definition) is 1. The van der Waals surface area contributed by atoms with Gasteiger partial charge in [0, 0.05) is 34.2 Å². The molecule has 0 unspecified atom stereocenters. The van der Waals surface area contributed by atoms with Crippen LogP contribution in [0.4, 0.5) is 5.69 Å². The molecule has 6 nitrogen and oxygen atoms in total. The van der Waals surface area contributed by atoms with Crippen LogP contribution in [0.1, 0.15) is 12.0 Å². The molecule has 150 valence electrons. The second-order valence-electron chi connectivity index (χ2n) is 6.12. The smallest absolute Gasteiger partial charge is 0.227 e.